The summed E-state index contributed by atoms with van der Waals surface area (Å²) in [6.45, 7) is 1.87. The summed E-state index contributed by atoms with van der Waals surface area (Å²) in [5.74, 6) is 1.82. The summed E-state index contributed by atoms with van der Waals surface area (Å²) < 4.78 is 84.8. The largest absolute Gasteiger partial charge is 0.405 e. The number of halogens is 9. The summed E-state index contributed by atoms with van der Waals surface area (Å²) in [7, 11) is 0. The van der Waals surface area contributed by atoms with Crippen LogP contribution < -0.4 is 39.2 Å². The molecule has 0 radical (unpaired) electrons. The molecule has 3 atom stereocenters. The smallest absolute Gasteiger partial charge is 0.366 e. The molecule has 0 aromatic carbocycles. The van der Waals surface area contributed by atoms with Gasteiger partial charge in [-0.15, -0.1) is 12.4 Å². The Labute approximate surface area is 469 Å². The van der Waals surface area contributed by atoms with Gasteiger partial charge in [-0.3, -0.25) is 34.6 Å². The highest BCUT2D eigenvalue weighted by Gasteiger charge is 2.32. The van der Waals surface area contributed by atoms with Crippen molar-refractivity contribution in [1.29, 1.82) is 0 Å². The number of H-pyrrole nitrogens is 3. The number of rotatable bonds is 17. The summed E-state index contributed by atoms with van der Waals surface area (Å²) >= 11 is 5.92. The van der Waals surface area contributed by atoms with Crippen LogP contribution in [0, 0.1) is 17.8 Å². The van der Waals surface area contributed by atoms with Gasteiger partial charge in [0.15, 0.2) is 0 Å². The number of primary amides is 3. The van der Waals surface area contributed by atoms with Gasteiger partial charge < -0.3 is 48.3 Å². The number of nitrogens with two attached hydrogens (primary N) is 4. The molecule has 4 amide bonds. The van der Waals surface area contributed by atoms with Crippen molar-refractivity contribution in [3.05, 3.63) is 77.1 Å². The van der Waals surface area contributed by atoms with Crippen molar-refractivity contribution in [2.75, 3.05) is 56.7 Å². The fourth-order valence-electron chi connectivity index (χ4n) is 9.24. The van der Waals surface area contributed by atoms with Gasteiger partial charge in [-0.25, -0.2) is 47.5 Å². The second kappa shape index (κ2) is 30.0. The average Bonchev–Trinajstić information content (AvgIpc) is 4.38. The number of Topliss-reactive ketones (excluding diaryl/α,β-unsaturated/α-hetero) is 2. The second-order valence-corrected chi connectivity index (χ2v) is 19.5. The van der Waals surface area contributed by atoms with E-state index < -0.39 is 68.0 Å². The highest BCUT2D eigenvalue weighted by molar-refractivity contribution is 6.38. The summed E-state index contributed by atoms with van der Waals surface area (Å²) in [4.78, 5) is 91.1. The van der Waals surface area contributed by atoms with Crippen LogP contribution in [0.25, 0.3) is 33.1 Å². The van der Waals surface area contributed by atoms with E-state index in [2.05, 4.69) is 40.8 Å². The molecule has 0 bridgehead atoms. The molecule has 0 aliphatic carbocycles. The molecular weight excluding hydrogens is 1120 g/mol. The van der Waals surface area contributed by atoms with Gasteiger partial charge in [0.25, 0.3) is 17.7 Å². The van der Waals surface area contributed by atoms with E-state index in [1.807, 2.05) is 15.3 Å². The minimum absolute atomic E-state index is 0. The standard InChI is InChI=1S/2C17H21F2N5O2.C8H6ClN3O.C8H14F3N3O.ClH/c2*18-14(19)4-3-13(25)10-2-1-7-24(9-10)23-15-11-5-6-21-17(11)22-8-12(15)16(20)26;9-6-4-1-2-11-8(4)12-3-5(6)7(10)13;9-8(10,11)5-13-7(15)6-2-1-3-14(12)4-6;/h2*5-6,8,10,14H,1-4,7,9H2,(H2,20,26)(H2,21,22,23);1-3H,(H2,10,13)(H,11,12);6H,1-5,12H2,(H,13,15);1H/t2*10-;;6-;/m11.1./s1. The summed E-state index contributed by atoms with van der Waals surface area (Å²) in [6.07, 6.45) is 3.18. The van der Waals surface area contributed by atoms with Crippen LogP contribution in [-0.2, 0) is 14.4 Å². The Kier molecular flexibility index (Phi) is 24.0. The van der Waals surface area contributed by atoms with E-state index in [9.17, 15) is 59.5 Å². The zero-order chi connectivity index (χ0) is 58.3. The van der Waals surface area contributed by atoms with E-state index in [-0.39, 0.29) is 65.3 Å². The van der Waals surface area contributed by atoms with Crippen molar-refractivity contribution in [2.24, 2.45) is 40.8 Å². The zero-order valence-corrected chi connectivity index (χ0v) is 45.1. The number of carbonyl (C=O) groups is 6. The van der Waals surface area contributed by atoms with Gasteiger partial charge >= 0.3 is 6.18 Å². The van der Waals surface area contributed by atoms with Gasteiger partial charge in [0.1, 0.15) is 35.1 Å². The normalized spacial score (nSPS) is 17.9. The van der Waals surface area contributed by atoms with Crippen LogP contribution in [0.2, 0.25) is 5.02 Å². The Bertz CT molecular complexity index is 2970. The number of anilines is 2. The van der Waals surface area contributed by atoms with Crippen LogP contribution >= 0.6 is 24.0 Å². The molecule has 442 valence electrons. The number of fused-ring (bicyclic) bond motifs is 3. The monoisotopic (exact) mass is 1190 g/mol. The minimum Gasteiger partial charge on any atom is -0.366 e. The lowest BCUT2D eigenvalue weighted by Gasteiger charge is -2.33. The molecule has 3 saturated heterocycles. The van der Waals surface area contributed by atoms with Crippen LogP contribution in [-0.4, -0.2) is 145 Å². The van der Waals surface area contributed by atoms with Crippen molar-refractivity contribution in [2.45, 2.75) is 83.2 Å². The maximum atomic E-state index is 12.3. The highest BCUT2D eigenvalue weighted by atomic mass is 35.5. The molecule has 14 N–H and O–H groups in total. The molecule has 3 aliphatic heterocycles. The van der Waals surface area contributed by atoms with E-state index >= 15 is 0 Å². The zero-order valence-electron chi connectivity index (χ0n) is 43.5. The number of ketones is 2. The van der Waals surface area contributed by atoms with Crippen molar-refractivity contribution < 1.29 is 59.5 Å². The lowest BCUT2D eigenvalue weighted by atomic mass is 9.92. The van der Waals surface area contributed by atoms with Crippen LogP contribution in [0.4, 0.5) is 42.1 Å². The van der Waals surface area contributed by atoms with Crippen LogP contribution in [0.1, 0.15) is 95.3 Å². The number of piperidine rings is 3. The quantitative estimate of drug-likeness (QED) is 0.0339. The molecule has 9 heterocycles. The molecule has 9 rings (SSSR count). The third-order valence-electron chi connectivity index (χ3n) is 13.3. The molecule has 6 aromatic rings. The van der Waals surface area contributed by atoms with Gasteiger partial charge in [0.2, 0.25) is 18.8 Å². The van der Waals surface area contributed by atoms with Gasteiger partial charge in [0, 0.05) is 130 Å². The molecule has 0 spiro atoms. The van der Waals surface area contributed by atoms with Crippen LogP contribution in [0.5, 0.6) is 0 Å². The summed E-state index contributed by atoms with van der Waals surface area (Å²) in [5, 5.41) is 9.48. The highest BCUT2D eigenvalue weighted by Crippen LogP contribution is 2.31. The lowest BCUT2D eigenvalue weighted by Crippen LogP contribution is -2.47. The molecule has 0 saturated carbocycles. The van der Waals surface area contributed by atoms with E-state index in [4.69, 9.17) is 34.6 Å². The van der Waals surface area contributed by atoms with Crippen molar-refractivity contribution in [1.82, 2.24) is 50.2 Å². The number of carbonyl (C=O) groups excluding carboxylic acids is 6. The fourth-order valence-corrected chi connectivity index (χ4v) is 9.53. The van der Waals surface area contributed by atoms with E-state index in [1.54, 1.807) is 36.8 Å². The van der Waals surface area contributed by atoms with Gasteiger partial charge in [-0.1, -0.05) is 11.6 Å². The molecule has 0 unspecified atom stereocenters. The molecule has 22 nitrogen and oxygen atoms in total. The summed E-state index contributed by atoms with van der Waals surface area (Å²) in [6, 6.07) is 5.32. The number of nitrogens with zero attached hydrogens (tertiary/aromatic N) is 6. The van der Waals surface area contributed by atoms with Gasteiger partial charge in [-0.05, 0) is 56.7 Å². The van der Waals surface area contributed by atoms with Crippen molar-refractivity contribution >= 4 is 104 Å². The number of aromatic amines is 3. The van der Waals surface area contributed by atoms with Crippen molar-refractivity contribution in [3.63, 3.8) is 0 Å². The maximum absolute atomic E-state index is 12.3. The lowest BCUT2D eigenvalue weighted by molar-refractivity contribution is -0.141. The first-order chi connectivity index (χ1) is 38.0. The number of aromatic nitrogens is 6. The van der Waals surface area contributed by atoms with E-state index in [0.717, 1.165) is 19.3 Å². The molecule has 31 heteroatoms. The third kappa shape index (κ3) is 18.7. The first-order valence-electron chi connectivity index (χ1n) is 25.4. The second-order valence-electron chi connectivity index (χ2n) is 19.1. The average molecular weight is 1190 g/mol. The van der Waals surface area contributed by atoms with Gasteiger partial charge in [0.05, 0.1) is 39.0 Å². The number of amides is 4. The Balaban J connectivity index is 0.000000206. The Morgan fingerprint density at radius 1 is 0.617 bits per heavy atom. The number of pyridine rings is 3. The van der Waals surface area contributed by atoms with E-state index in [0.29, 0.717) is 108 Å². The summed E-state index contributed by atoms with van der Waals surface area (Å²) in [5.41, 5.74) is 26.0. The third-order valence-corrected chi connectivity index (χ3v) is 13.7. The predicted molar refractivity (Wildman–Crippen MR) is 290 cm³/mol. The maximum Gasteiger partial charge on any atom is 0.405 e. The number of hydrogen-bond donors (Lipinski definition) is 10. The number of nitrogens with one attached hydrogen (secondary N) is 6. The Morgan fingerprint density at radius 2 is 1.01 bits per heavy atom. The molecule has 6 aromatic heterocycles. The van der Waals surface area contributed by atoms with Crippen LogP contribution in [0.15, 0.2) is 55.4 Å². The van der Waals surface area contributed by atoms with Gasteiger partial charge in [-0.2, -0.15) is 13.2 Å². The SMILES string of the molecule is Cl.NC(=O)c1cnc2[nH]ccc2c1Cl.NC(=O)c1cnc2[nH]ccc2c1NN1CCC[C@@H](C(=O)CCC(F)F)C1.NC(=O)c1cnc2[nH]ccc2c1NN1CCC[C@@H](C(=O)CCC(F)F)C1.NN1CCC[C@@H](C(=O)NCC(F)(F)F)C1. The van der Waals surface area contributed by atoms with Crippen LogP contribution in [0.3, 0.4) is 0 Å². The van der Waals surface area contributed by atoms with Crippen molar-refractivity contribution in [3.8, 4) is 0 Å². The molecule has 81 heavy (non-hydrogen) atoms. The fraction of sp³-hybridized carbons (Fsp3) is 0.460. The Morgan fingerprint density at radius 3 is 1.42 bits per heavy atom. The molecular formula is C50H63Cl2F7N16O6. The number of hydrogen-bond acceptors (Lipinski definition) is 15. The minimum atomic E-state index is -4.35. The molecule has 3 fully saturated rings. The molecule has 3 aliphatic rings. The Hall–Kier alpha value is -7.18. The van der Waals surface area contributed by atoms with E-state index in [1.165, 1.54) is 23.6 Å². The number of alkyl halides is 7. The first kappa shape index (κ1) is 64.6. The number of hydrazine groups is 3. The predicted octanol–water partition coefficient (Wildman–Crippen LogP) is 6.62. The first-order valence-corrected chi connectivity index (χ1v) is 25.8. The topological polar surface area (TPSA) is 338 Å².